The van der Waals surface area contributed by atoms with E-state index in [9.17, 15) is 43.2 Å². The summed E-state index contributed by atoms with van der Waals surface area (Å²) in [6, 6.07) is 0. The number of rotatable bonds is 76. The number of aliphatic hydroxyl groups excluding tert-OH is 1. The Hall–Kier alpha value is -4.54. The van der Waals surface area contributed by atoms with Gasteiger partial charge in [-0.2, -0.15) is 0 Å². The van der Waals surface area contributed by atoms with E-state index in [2.05, 4.69) is 131 Å². The van der Waals surface area contributed by atoms with Gasteiger partial charge in [0.25, 0.3) is 0 Å². The van der Waals surface area contributed by atoms with E-state index >= 15 is 0 Å². The number of allylic oxidation sites excluding steroid dienone is 20. The number of carbonyl (C=O) groups is 4. The highest BCUT2D eigenvalue weighted by molar-refractivity contribution is 7.47. The van der Waals surface area contributed by atoms with Gasteiger partial charge in [0, 0.05) is 25.7 Å². The third kappa shape index (κ3) is 75.7. The Bertz CT molecular complexity index is 2440. The monoisotopic (exact) mass is 1500 g/mol. The first kappa shape index (κ1) is 99.5. The zero-order valence-corrected chi connectivity index (χ0v) is 67.2. The average Bonchev–Trinajstić information content (AvgIpc) is 0.943. The van der Waals surface area contributed by atoms with Crippen LogP contribution < -0.4 is 0 Å². The van der Waals surface area contributed by atoms with E-state index in [1.54, 1.807) is 0 Å². The number of esters is 4. The van der Waals surface area contributed by atoms with Crippen LogP contribution in [0.5, 0.6) is 0 Å². The number of unbranched alkanes of at least 4 members (excludes halogenated alkanes) is 30. The maximum atomic E-state index is 13.1. The summed E-state index contributed by atoms with van der Waals surface area (Å²) in [6.45, 7) is 4.63. The van der Waals surface area contributed by atoms with E-state index in [1.807, 2.05) is 18.2 Å². The molecule has 17 nitrogen and oxygen atoms in total. The van der Waals surface area contributed by atoms with Crippen LogP contribution in [0.15, 0.2) is 122 Å². The minimum absolute atomic E-state index is 0.0336. The van der Waals surface area contributed by atoms with E-state index in [1.165, 1.54) is 96.3 Å². The van der Waals surface area contributed by atoms with E-state index in [0.717, 1.165) is 154 Å². The molecule has 598 valence electrons. The van der Waals surface area contributed by atoms with E-state index in [-0.39, 0.29) is 25.7 Å². The predicted octanol–water partition coefficient (Wildman–Crippen LogP) is 23.9. The fourth-order valence-corrected chi connectivity index (χ4v) is 12.3. The predicted molar refractivity (Wildman–Crippen MR) is 427 cm³/mol. The quantitative estimate of drug-likeness (QED) is 0.0169. The number of ether oxygens (including phenoxy) is 4. The van der Waals surface area contributed by atoms with Gasteiger partial charge < -0.3 is 33.8 Å². The molecule has 2 unspecified atom stereocenters. The third-order valence-electron chi connectivity index (χ3n) is 16.9. The van der Waals surface area contributed by atoms with Crippen LogP contribution in [0.1, 0.15) is 336 Å². The van der Waals surface area contributed by atoms with Gasteiger partial charge in [-0.25, -0.2) is 9.13 Å². The summed E-state index contributed by atoms with van der Waals surface area (Å²) in [5.74, 6) is -2.29. The second-order valence-electron chi connectivity index (χ2n) is 27.0. The van der Waals surface area contributed by atoms with Crippen molar-refractivity contribution in [1.29, 1.82) is 0 Å². The van der Waals surface area contributed by atoms with Gasteiger partial charge in [-0.3, -0.25) is 37.3 Å². The smallest absolute Gasteiger partial charge is 0.462 e. The van der Waals surface area contributed by atoms with Crippen molar-refractivity contribution in [3.63, 3.8) is 0 Å². The van der Waals surface area contributed by atoms with Crippen LogP contribution in [0.3, 0.4) is 0 Å². The average molecular weight is 1500 g/mol. The number of hydrogen-bond donors (Lipinski definition) is 3. The van der Waals surface area contributed by atoms with Gasteiger partial charge in [-0.15, -0.1) is 0 Å². The normalized spacial score (nSPS) is 14.5. The van der Waals surface area contributed by atoms with Crippen LogP contribution in [0.2, 0.25) is 0 Å². The standard InChI is InChI=1S/C85H146O17P2/c1-5-9-13-17-21-25-29-33-37-38-39-40-44-48-52-56-60-64-68-72-85(90)102-81(76-96-83(88)70-66-62-58-54-50-46-42-35-31-27-23-19-15-11-7-3)78-100-104(93,94)98-74-79(86)73-97-103(91,92)99-77-80(101-84(89)71-67-63-59-55-51-47-43-36-32-28-24-20-16-12-8-4)75-95-82(87)69-65-61-57-53-49-45-41-34-30-26-22-18-14-10-6-2/h9,13,21,24-26,28,30,33,35-37,39-40,42-43,48,52,60,64,79-81,86H,5-8,10-12,14-20,22-23,27,29,31-32,34,38,41,44-47,49-51,53-59,61-63,65-78H2,1-4H3,(H,91,92)(H,93,94)/b13-9-,25-21-,28-24-,30-26-,37-33-,40-39-,42-35-,43-36-,52-48-,64-60-/t79-,80+,81+/m0/s1. The lowest BCUT2D eigenvalue weighted by atomic mass is 10.1. The summed E-state index contributed by atoms with van der Waals surface area (Å²) in [5, 5.41) is 10.6. The first-order valence-corrected chi connectivity index (χ1v) is 43.8. The SMILES string of the molecule is CC/C=C\C/C=C\C/C=C\C/C=C\C/C=C\C/C=C\CCC(=O)O[C@H](COC(=O)CCCCCCC/C=C\CCCCCCCC)COP(=O)(O)OC[C@@H](O)COP(=O)(O)OC[C@@H](COC(=O)CCCCCCCCC/C=C\CCCCCC)OC(=O)CCCCCCC/C=C\C/C=C\CCCCC. The largest absolute Gasteiger partial charge is 0.472 e. The molecule has 0 radical (unpaired) electrons. The number of phosphoric acid groups is 2. The van der Waals surface area contributed by atoms with Crippen molar-refractivity contribution in [3.8, 4) is 0 Å². The van der Waals surface area contributed by atoms with E-state index < -0.39 is 97.5 Å². The lowest BCUT2D eigenvalue weighted by Crippen LogP contribution is -2.30. The molecule has 0 aromatic carbocycles. The first-order valence-electron chi connectivity index (χ1n) is 40.8. The van der Waals surface area contributed by atoms with Crippen molar-refractivity contribution in [3.05, 3.63) is 122 Å². The molecule has 0 saturated carbocycles. The van der Waals surface area contributed by atoms with Crippen LogP contribution in [0.4, 0.5) is 0 Å². The Labute approximate surface area is 632 Å². The molecule has 104 heavy (non-hydrogen) atoms. The fraction of sp³-hybridized carbons (Fsp3) is 0.718. The summed E-state index contributed by atoms with van der Waals surface area (Å²) < 4.78 is 68.6. The van der Waals surface area contributed by atoms with E-state index in [0.29, 0.717) is 32.1 Å². The maximum Gasteiger partial charge on any atom is 0.472 e. The number of aliphatic hydroxyl groups is 1. The van der Waals surface area contributed by atoms with Gasteiger partial charge in [-0.05, 0) is 148 Å². The van der Waals surface area contributed by atoms with Crippen LogP contribution in [0.25, 0.3) is 0 Å². The molecule has 0 rings (SSSR count). The molecule has 19 heteroatoms. The Morgan fingerprint density at radius 2 is 0.519 bits per heavy atom. The lowest BCUT2D eigenvalue weighted by molar-refractivity contribution is -0.161. The molecule has 0 heterocycles. The Kier molecular flexibility index (Phi) is 73.3. The molecule has 3 N–H and O–H groups in total. The molecule has 5 atom stereocenters. The Balaban J connectivity index is 5.45. The number of carbonyl (C=O) groups excluding carboxylic acids is 4. The summed E-state index contributed by atoms with van der Waals surface area (Å²) >= 11 is 0. The minimum atomic E-state index is -5.00. The Morgan fingerprint density at radius 3 is 0.865 bits per heavy atom. The molecule has 0 saturated heterocycles. The van der Waals surface area contributed by atoms with Crippen molar-refractivity contribution < 1.29 is 80.2 Å². The van der Waals surface area contributed by atoms with E-state index in [4.69, 9.17) is 37.0 Å². The zero-order valence-electron chi connectivity index (χ0n) is 65.4. The van der Waals surface area contributed by atoms with Crippen LogP contribution in [-0.2, 0) is 65.4 Å². The second kappa shape index (κ2) is 76.6. The molecular formula is C85H146O17P2. The maximum absolute atomic E-state index is 13.1. The third-order valence-corrected chi connectivity index (χ3v) is 18.8. The molecule has 0 aliphatic carbocycles. The minimum Gasteiger partial charge on any atom is -0.462 e. The van der Waals surface area contributed by atoms with Gasteiger partial charge in [-0.1, -0.05) is 284 Å². The van der Waals surface area contributed by atoms with Crippen molar-refractivity contribution in [2.24, 2.45) is 0 Å². The molecule has 0 aliphatic heterocycles. The summed E-state index contributed by atoms with van der Waals surface area (Å²) in [7, 11) is -9.99. The van der Waals surface area contributed by atoms with Crippen molar-refractivity contribution in [1.82, 2.24) is 0 Å². The lowest BCUT2D eigenvalue weighted by Gasteiger charge is -2.21. The van der Waals surface area contributed by atoms with Crippen LogP contribution in [0, 0.1) is 0 Å². The molecule has 0 bridgehead atoms. The van der Waals surface area contributed by atoms with Crippen LogP contribution in [-0.4, -0.2) is 96.7 Å². The van der Waals surface area contributed by atoms with Crippen LogP contribution >= 0.6 is 15.6 Å². The van der Waals surface area contributed by atoms with Gasteiger partial charge in [0.1, 0.15) is 19.3 Å². The fourth-order valence-electron chi connectivity index (χ4n) is 10.7. The molecule has 0 aromatic heterocycles. The second-order valence-corrected chi connectivity index (χ2v) is 29.9. The highest BCUT2D eigenvalue weighted by atomic mass is 31.2. The molecule has 0 aromatic rings. The van der Waals surface area contributed by atoms with Gasteiger partial charge in [0.2, 0.25) is 0 Å². The zero-order chi connectivity index (χ0) is 76.0. The summed E-state index contributed by atoms with van der Waals surface area (Å²) in [4.78, 5) is 73.0. The topological polar surface area (TPSA) is 237 Å². The van der Waals surface area contributed by atoms with Crippen molar-refractivity contribution >= 4 is 39.5 Å². The molecular weight excluding hydrogens is 1350 g/mol. The molecule has 0 fully saturated rings. The molecule has 0 amide bonds. The Morgan fingerprint density at radius 1 is 0.279 bits per heavy atom. The first-order chi connectivity index (χ1) is 50.7. The molecule has 0 spiro atoms. The van der Waals surface area contributed by atoms with Crippen molar-refractivity contribution in [2.45, 2.75) is 354 Å². The number of hydrogen-bond acceptors (Lipinski definition) is 15. The summed E-state index contributed by atoms with van der Waals surface area (Å²) in [6.07, 6.45) is 84.7. The highest BCUT2D eigenvalue weighted by Crippen LogP contribution is 2.45. The van der Waals surface area contributed by atoms with Gasteiger partial charge in [0.15, 0.2) is 12.2 Å². The van der Waals surface area contributed by atoms with Gasteiger partial charge in [0.05, 0.1) is 26.4 Å². The van der Waals surface area contributed by atoms with Crippen molar-refractivity contribution in [2.75, 3.05) is 39.6 Å². The molecule has 0 aliphatic rings. The van der Waals surface area contributed by atoms with Gasteiger partial charge >= 0.3 is 39.5 Å². The summed E-state index contributed by atoms with van der Waals surface area (Å²) in [5.41, 5.74) is 0. The number of phosphoric ester groups is 2. The highest BCUT2D eigenvalue weighted by Gasteiger charge is 2.30.